The van der Waals surface area contributed by atoms with Crippen molar-refractivity contribution >= 4 is 46.7 Å². The van der Waals surface area contributed by atoms with Crippen molar-refractivity contribution < 1.29 is 4.79 Å². The number of hydrogen-bond acceptors (Lipinski definition) is 5. The molecule has 0 unspecified atom stereocenters. The molecule has 5 nitrogen and oxygen atoms in total. The Kier molecular flexibility index (Phi) is 6.35. The van der Waals surface area contributed by atoms with Crippen LogP contribution >= 0.6 is 23.5 Å². The lowest BCUT2D eigenvalue weighted by molar-refractivity contribution is -0.118. The number of rotatable bonds is 7. The summed E-state index contributed by atoms with van der Waals surface area (Å²) in [6, 6.07) is 16.0. The number of benzene rings is 2. The van der Waals surface area contributed by atoms with Gasteiger partial charge in [0.2, 0.25) is 0 Å². The molecule has 0 aliphatic rings. The van der Waals surface area contributed by atoms with Crippen molar-refractivity contribution in [2.75, 3.05) is 12.0 Å². The lowest BCUT2D eigenvalue weighted by Gasteiger charge is -2.04. The molecule has 3 aromatic rings. The average Bonchev–Trinajstić information content (AvgIpc) is 3.04. The molecule has 0 aliphatic heterocycles. The van der Waals surface area contributed by atoms with E-state index in [0.29, 0.717) is 0 Å². The van der Waals surface area contributed by atoms with Gasteiger partial charge in [-0.3, -0.25) is 4.79 Å². The second-order valence-corrected chi connectivity index (χ2v) is 7.30. The number of fused-ring (bicyclic) bond motifs is 1. The van der Waals surface area contributed by atoms with Gasteiger partial charge in [0, 0.05) is 11.4 Å². The van der Waals surface area contributed by atoms with Crippen molar-refractivity contribution in [2.24, 2.45) is 5.10 Å². The van der Waals surface area contributed by atoms with Gasteiger partial charge < -0.3 is 4.57 Å². The lowest BCUT2D eigenvalue weighted by atomic mass is 10.2. The molecule has 3 rings (SSSR count). The first-order valence-electron chi connectivity index (χ1n) is 8.25. The molecule has 2 aromatic carbocycles. The molecule has 1 heterocycles. The molecule has 1 N–H and O–H groups in total. The Balaban J connectivity index is 1.56. The van der Waals surface area contributed by atoms with Gasteiger partial charge in [0.1, 0.15) is 0 Å². The average molecular weight is 385 g/mol. The zero-order chi connectivity index (χ0) is 18.4. The first-order chi connectivity index (χ1) is 12.7. The number of aromatic nitrogens is 2. The van der Waals surface area contributed by atoms with Crippen molar-refractivity contribution in [3.63, 3.8) is 0 Å². The molecule has 7 heteroatoms. The lowest BCUT2D eigenvalue weighted by Crippen LogP contribution is -2.20. The summed E-state index contributed by atoms with van der Waals surface area (Å²) >= 11 is 3.11. The molecule has 26 heavy (non-hydrogen) atoms. The van der Waals surface area contributed by atoms with Gasteiger partial charge in [0.25, 0.3) is 5.91 Å². The number of thioether (sulfide) groups is 2. The van der Waals surface area contributed by atoms with Crippen molar-refractivity contribution in [1.29, 1.82) is 0 Å². The van der Waals surface area contributed by atoms with Crippen LogP contribution in [0.15, 0.2) is 63.7 Å². The summed E-state index contributed by atoms with van der Waals surface area (Å²) in [4.78, 5) is 17.8. The number of para-hydroxylation sites is 2. The molecule has 0 radical (unpaired) electrons. The van der Waals surface area contributed by atoms with E-state index >= 15 is 0 Å². The van der Waals surface area contributed by atoms with Gasteiger partial charge in [0.05, 0.1) is 23.0 Å². The fourth-order valence-electron chi connectivity index (χ4n) is 2.50. The van der Waals surface area contributed by atoms with E-state index in [1.54, 1.807) is 18.0 Å². The van der Waals surface area contributed by atoms with Crippen molar-refractivity contribution in [3.05, 3.63) is 54.1 Å². The summed E-state index contributed by atoms with van der Waals surface area (Å²) in [5.74, 6) is 0.119. The largest absolute Gasteiger partial charge is 0.319 e. The number of hydrazone groups is 1. The normalized spacial score (nSPS) is 11.3. The van der Waals surface area contributed by atoms with Crippen molar-refractivity contribution in [3.8, 4) is 0 Å². The van der Waals surface area contributed by atoms with E-state index in [0.717, 1.165) is 28.3 Å². The van der Waals surface area contributed by atoms with Gasteiger partial charge in [-0.15, -0.1) is 11.8 Å². The summed E-state index contributed by atoms with van der Waals surface area (Å²) < 4.78 is 2.11. The molecule has 0 fully saturated rings. The van der Waals surface area contributed by atoms with E-state index in [1.807, 2.05) is 54.8 Å². The van der Waals surface area contributed by atoms with Crippen LogP contribution in [0.3, 0.4) is 0 Å². The summed E-state index contributed by atoms with van der Waals surface area (Å²) in [7, 11) is 0. The highest BCUT2D eigenvalue weighted by Crippen LogP contribution is 2.23. The Bertz CT molecular complexity index is 919. The third kappa shape index (κ3) is 4.47. The molecule has 0 saturated heterocycles. The Morgan fingerprint density at radius 2 is 2.00 bits per heavy atom. The van der Waals surface area contributed by atoms with Crippen LogP contribution in [-0.4, -0.2) is 33.7 Å². The minimum absolute atomic E-state index is 0.151. The summed E-state index contributed by atoms with van der Waals surface area (Å²) in [6.45, 7) is 2.89. The predicted octanol–water partition coefficient (Wildman–Crippen LogP) is 4.02. The van der Waals surface area contributed by atoms with Crippen molar-refractivity contribution in [2.45, 2.75) is 23.5 Å². The second kappa shape index (κ2) is 8.91. The fraction of sp³-hybridized carbons (Fsp3) is 0.211. The highest BCUT2D eigenvalue weighted by molar-refractivity contribution is 7.99. The number of hydrogen-bond donors (Lipinski definition) is 1. The number of carbonyl (C=O) groups excluding carboxylic acids is 1. The van der Waals surface area contributed by atoms with Crippen LogP contribution < -0.4 is 5.43 Å². The van der Waals surface area contributed by atoms with Crippen molar-refractivity contribution in [1.82, 2.24) is 15.0 Å². The SMILES string of the molecule is CCn1c(SCC(=O)N/N=C/c2ccc(SC)cc2)nc2ccccc21. The zero-order valence-corrected chi connectivity index (χ0v) is 16.3. The minimum Gasteiger partial charge on any atom is -0.319 e. The van der Waals surface area contributed by atoms with Crippen LogP contribution in [0, 0.1) is 0 Å². The van der Waals surface area contributed by atoms with E-state index < -0.39 is 0 Å². The third-order valence-corrected chi connectivity index (χ3v) is 5.51. The Labute approximate surface area is 161 Å². The number of nitrogens with one attached hydrogen (secondary N) is 1. The van der Waals surface area contributed by atoms with E-state index in [9.17, 15) is 4.79 Å². The standard InChI is InChI=1S/C19H20N4OS2/c1-3-23-17-7-5-4-6-16(17)21-19(23)26-13-18(24)22-20-12-14-8-10-15(25-2)11-9-14/h4-12H,3,13H2,1-2H3,(H,22,24)/b20-12+. The third-order valence-electron chi connectivity index (χ3n) is 3.79. The predicted molar refractivity (Wildman–Crippen MR) is 110 cm³/mol. The molecule has 134 valence electrons. The number of aryl methyl sites for hydroxylation is 1. The van der Waals surface area contributed by atoms with Crippen LogP contribution in [-0.2, 0) is 11.3 Å². The molecule has 1 amide bonds. The molecule has 0 atom stereocenters. The molecule has 0 aliphatic carbocycles. The monoisotopic (exact) mass is 384 g/mol. The molecule has 0 bridgehead atoms. The van der Waals surface area contributed by atoms with Gasteiger partial charge in [-0.2, -0.15) is 5.10 Å². The quantitative estimate of drug-likeness (QED) is 0.380. The molecule has 0 saturated carbocycles. The number of amides is 1. The van der Waals surface area contributed by atoms with Crippen LogP contribution in [0.4, 0.5) is 0 Å². The van der Waals surface area contributed by atoms with E-state index in [-0.39, 0.29) is 11.7 Å². The first-order valence-corrected chi connectivity index (χ1v) is 10.5. The van der Waals surface area contributed by atoms with E-state index in [2.05, 4.69) is 27.0 Å². The smallest absolute Gasteiger partial charge is 0.250 e. The number of nitrogens with zero attached hydrogens (tertiary/aromatic N) is 3. The van der Waals surface area contributed by atoms with Gasteiger partial charge >= 0.3 is 0 Å². The van der Waals surface area contributed by atoms with E-state index in [1.165, 1.54) is 16.7 Å². The van der Waals surface area contributed by atoms with Gasteiger partial charge in [-0.1, -0.05) is 36.0 Å². The maximum atomic E-state index is 12.0. The van der Waals surface area contributed by atoms with Crippen LogP contribution in [0.2, 0.25) is 0 Å². The van der Waals surface area contributed by atoms with Gasteiger partial charge in [0.15, 0.2) is 5.16 Å². The van der Waals surface area contributed by atoms with Gasteiger partial charge in [-0.05, 0) is 43.0 Å². The number of imidazole rings is 1. The maximum Gasteiger partial charge on any atom is 0.250 e. The number of carbonyl (C=O) groups is 1. The second-order valence-electron chi connectivity index (χ2n) is 5.48. The molecule has 1 aromatic heterocycles. The van der Waals surface area contributed by atoms with Crippen LogP contribution in [0.5, 0.6) is 0 Å². The minimum atomic E-state index is -0.151. The first kappa shape index (κ1) is 18.5. The van der Waals surface area contributed by atoms with E-state index in [4.69, 9.17) is 0 Å². The highest BCUT2D eigenvalue weighted by Gasteiger charge is 2.11. The van der Waals surface area contributed by atoms with Gasteiger partial charge in [-0.25, -0.2) is 10.4 Å². The summed E-state index contributed by atoms with van der Waals surface area (Å²) in [5.41, 5.74) is 5.55. The molecular formula is C19H20N4OS2. The van der Waals surface area contributed by atoms with Crippen LogP contribution in [0.25, 0.3) is 11.0 Å². The summed E-state index contributed by atoms with van der Waals surface area (Å²) in [6.07, 6.45) is 3.68. The summed E-state index contributed by atoms with van der Waals surface area (Å²) in [5, 5.41) is 4.87. The Hall–Kier alpha value is -2.25. The Morgan fingerprint density at radius 1 is 1.23 bits per heavy atom. The van der Waals surface area contributed by atoms with Crippen LogP contribution in [0.1, 0.15) is 12.5 Å². The molecular weight excluding hydrogens is 364 g/mol. The fourth-order valence-corrected chi connectivity index (χ4v) is 3.78. The maximum absolute atomic E-state index is 12.0. The zero-order valence-electron chi connectivity index (χ0n) is 14.7. The topological polar surface area (TPSA) is 59.3 Å². The Morgan fingerprint density at radius 3 is 2.73 bits per heavy atom. The highest BCUT2D eigenvalue weighted by atomic mass is 32.2. The molecule has 0 spiro atoms.